The van der Waals surface area contributed by atoms with E-state index in [1.54, 1.807) is 31.2 Å². The molecule has 0 spiro atoms. The minimum absolute atomic E-state index is 0.270. The van der Waals surface area contributed by atoms with Crippen LogP contribution in [0.4, 0.5) is 0 Å². The fourth-order valence-corrected chi connectivity index (χ4v) is 3.18. The van der Waals surface area contributed by atoms with Gasteiger partial charge in [0.15, 0.2) is 0 Å². The topological polar surface area (TPSA) is 55.8 Å². The third-order valence-corrected chi connectivity index (χ3v) is 4.57. The fraction of sp³-hybridized carbons (Fsp3) is 0.600. The first-order valence-corrected chi connectivity index (χ1v) is 9.30. The van der Waals surface area contributed by atoms with E-state index in [4.69, 9.17) is 9.47 Å². The van der Waals surface area contributed by atoms with Crippen molar-refractivity contribution in [3.63, 3.8) is 0 Å². The summed E-state index contributed by atoms with van der Waals surface area (Å²) < 4.78 is 10.9. The minimum Gasteiger partial charge on any atom is -0.466 e. The second-order valence-electron chi connectivity index (χ2n) is 6.46. The molecule has 0 N–H and O–H groups in total. The van der Waals surface area contributed by atoms with Crippen molar-refractivity contribution in [2.75, 3.05) is 26.2 Å². The van der Waals surface area contributed by atoms with Gasteiger partial charge in [-0.25, -0.2) is 4.79 Å². The quantitative estimate of drug-likeness (QED) is 0.533. The number of ether oxygens (including phenoxy) is 2. The van der Waals surface area contributed by atoms with Crippen LogP contribution in [-0.2, 0) is 14.3 Å². The van der Waals surface area contributed by atoms with Crippen LogP contribution in [0.2, 0.25) is 0 Å². The van der Waals surface area contributed by atoms with Crippen LogP contribution in [-0.4, -0.2) is 49.2 Å². The Hall–Kier alpha value is -1.88. The summed E-state index contributed by atoms with van der Waals surface area (Å²) in [5.74, 6) is -1.06. The van der Waals surface area contributed by atoms with E-state index < -0.39 is 12.0 Å². The van der Waals surface area contributed by atoms with Crippen molar-refractivity contribution in [1.29, 1.82) is 0 Å². The smallest absolute Gasteiger partial charge is 0.338 e. The second kappa shape index (κ2) is 10.2. The van der Waals surface area contributed by atoms with Crippen LogP contribution in [0.25, 0.3) is 0 Å². The van der Waals surface area contributed by atoms with Gasteiger partial charge in [0, 0.05) is 13.1 Å². The number of rotatable bonds is 8. The van der Waals surface area contributed by atoms with Crippen LogP contribution < -0.4 is 0 Å². The zero-order valence-electron chi connectivity index (χ0n) is 15.3. The third kappa shape index (κ3) is 5.85. The average Bonchev–Trinajstić information content (AvgIpc) is 2.64. The van der Waals surface area contributed by atoms with E-state index in [0.717, 1.165) is 19.5 Å². The van der Waals surface area contributed by atoms with E-state index in [0.29, 0.717) is 25.1 Å². The van der Waals surface area contributed by atoms with Gasteiger partial charge in [-0.15, -0.1) is 0 Å². The Kier molecular flexibility index (Phi) is 7.92. The van der Waals surface area contributed by atoms with Crippen LogP contribution in [0.1, 0.15) is 49.9 Å². The first-order valence-electron chi connectivity index (χ1n) is 9.30. The Morgan fingerprint density at radius 2 is 1.92 bits per heavy atom. The summed E-state index contributed by atoms with van der Waals surface area (Å²) in [5.41, 5.74) is 0.510. The third-order valence-electron chi connectivity index (χ3n) is 4.57. The van der Waals surface area contributed by atoms with Gasteiger partial charge in [0.25, 0.3) is 0 Å². The molecule has 0 bridgehead atoms. The maximum absolute atomic E-state index is 12.4. The molecule has 2 atom stereocenters. The van der Waals surface area contributed by atoms with Gasteiger partial charge in [0.2, 0.25) is 0 Å². The monoisotopic (exact) mass is 347 g/mol. The molecule has 0 saturated carbocycles. The van der Waals surface area contributed by atoms with Crippen LogP contribution in [0.15, 0.2) is 30.3 Å². The van der Waals surface area contributed by atoms with Gasteiger partial charge in [0.05, 0.1) is 12.2 Å². The molecule has 5 nitrogen and oxygen atoms in total. The molecule has 25 heavy (non-hydrogen) atoms. The maximum Gasteiger partial charge on any atom is 0.338 e. The summed E-state index contributed by atoms with van der Waals surface area (Å²) in [6, 6.07) is 8.90. The molecule has 2 rings (SSSR count). The number of benzene rings is 1. The minimum atomic E-state index is -0.422. The van der Waals surface area contributed by atoms with E-state index >= 15 is 0 Å². The van der Waals surface area contributed by atoms with Crippen molar-refractivity contribution in [1.82, 2.24) is 4.90 Å². The Bertz CT molecular complexity index is 546. The summed E-state index contributed by atoms with van der Waals surface area (Å²) in [5, 5.41) is 0. The molecule has 1 fully saturated rings. The highest BCUT2D eigenvalue weighted by atomic mass is 16.6. The Morgan fingerprint density at radius 3 is 2.60 bits per heavy atom. The molecular weight excluding hydrogens is 318 g/mol. The molecule has 138 valence electrons. The lowest BCUT2D eigenvalue weighted by atomic mass is 9.94. The molecule has 0 radical (unpaired) electrons. The lowest BCUT2D eigenvalue weighted by molar-refractivity contribution is -0.155. The van der Waals surface area contributed by atoms with Gasteiger partial charge >= 0.3 is 11.9 Å². The predicted octanol–water partition coefficient (Wildman–Crippen LogP) is 3.29. The Balaban J connectivity index is 2.00. The number of carbonyl (C=O) groups is 2. The lowest BCUT2D eigenvalue weighted by Gasteiger charge is -2.36. The molecular formula is C20H29NO4. The number of likely N-dealkylation sites (tertiary alicyclic amines) is 1. The highest BCUT2D eigenvalue weighted by Crippen LogP contribution is 2.23. The molecule has 1 heterocycles. The molecule has 1 aromatic carbocycles. The van der Waals surface area contributed by atoms with Crippen molar-refractivity contribution < 1.29 is 19.1 Å². The van der Waals surface area contributed by atoms with Crippen molar-refractivity contribution in [2.45, 2.75) is 45.6 Å². The summed E-state index contributed by atoms with van der Waals surface area (Å²) in [7, 11) is 0. The second-order valence-corrected chi connectivity index (χ2v) is 6.46. The molecule has 2 unspecified atom stereocenters. The number of piperidine rings is 1. The van der Waals surface area contributed by atoms with Crippen LogP contribution in [0, 0.1) is 5.92 Å². The van der Waals surface area contributed by atoms with Crippen molar-refractivity contribution >= 4 is 11.9 Å². The number of nitrogens with zero attached hydrogens (tertiary/aromatic N) is 1. The molecule has 0 aromatic heterocycles. The maximum atomic E-state index is 12.4. The molecule has 1 aliphatic heterocycles. The van der Waals surface area contributed by atoms with Gasteiger partial charge in [-0.05, 0) is 38.4 Å². The van der Waals surface area contributed by atoms with E-state index in [1.165, 1.54) is 12.8 Å². The standard InChI is InChI=1S/C20H29NO4/c1-3-5-9-13-21-14-12-18(17(15-21)20(23)24-4-2)25-19(22)16-10-7-6-8-11-16/h6-8,10-11,17-18H,3-5,9,12-15H2,1-2H3. The highest BCUT2D eigenvalue weighted by Gasteiger charge is 2.37. The number of hydrogen-bond donors (Lipinski definition) is 0. The zero-order valence-corrected chi connectivity index (χ0v) is 15.3. The van der Waals surface area contributed by atoms with Gasteiger partial charge in [0.1, 0.15) is 12.0 Å². The zero-order chi connectivity index (χ0) is 18.1. The SMILES string of the molecule is CCCCCN1CCC(OC(=O)c2ccccc2)C(C(=O)OCC)C1. The van der Waals surface area contributed by atoms with E-state index in [1.807, 2.05) is 6.07 Å². The first-order chi connectivity index (χ1) is 12.2. The van der Waals surface area contributed by atoms with Crippen molar-refractivity contribution in [3.05, 3.63) is 35.9 Å². The van der Waals surface area contributed by atoms with E-state index in [-0.39, 0.29) is 11.9 Å². The fourth-order valence-electron chi connectivity index (χ4n) is 3.18. The predicted molar refractivity (Wildman–Crippen MR) is 96.4 cm³/mol. The average molecular weight is 347 g/mol. The number of carbonyl (C=O) groups excluding carboxylic acids is 2. The summed E-state index contributed by atoms with van der Waals surface area (Å²) >= 11 is 0. The Labute approximate surface area is 150 Å². The van der Waals surface area contributed by atoms with Crippen molar-refractivity contribution in [2.24, 2.45) is 5.92 Å². The van der Waals surface area contributed by atoms with Gasteiger partial charge < -0.3 is 14.4 Å². The molecule has 1 aliphatic rings. The molecule has 0 amide bonds. The van der Waals surface area contributed by atoms with Crippen LogP contribution >= 0.6 is 0 Å². The molecule has 0 aliphatic carbocycles. The molecule has 1 aromatic rings. The van der Waals surface area contributed by atoms with E-state index in [9.17, 15) is 9.59 Å². The van der Waals surface area contributed by atoms with Crippen molar-refractivity contribution in [3.8, 4) is 0 Å². The summed E-state index contributed by atoms with van der Waals surface area (Å²) in [6.45, 7) is 6.72. The normalized spacial score (nSPS) is 20.9. The number of hydrogen-bond acceptors (Lipinski definition) is 5. The van der Waals surface area contributed by atoms with Gasteiger partial charge in [-0.1, -0.05) is 38.0 Å². The summed E-state index contributed by atoms with van der Waals surface area (Å²) in [6.07, 6.45) is 3.72. The number of unbranched alkanes of at least 4 members (excludes halogenated alkanes) is 2. The lowest BCUT2D eigenvalue weighted by Crippen LogP contribution is -2.49. The van der Waals surface area contributed by atoms with Gasteiger partial charge in [-0.2, -0.15) is 0 Å². The van der Waals surface area contributed by atoms with Crippen LogP contribution in [0.3, 0.4) is 0 Å². The first kappa shape index (κ1) is 19.4. The molecule has 5 heteroatoms. The number of esters is 2. The highest BCUT2D eigenvalue weighted by molar-refractivity contribution is 5.89. The summed E-state index contributed by atoms with van der Waals surface area (Å²) in [4.78, 5) is 27.0. The van der Waals surface area contributed by atoms with Crippen LogP contribution in [0.5, 0.6) is 0 Å². The van der Waals surface area contributed by atoms with E-state index in [2.05, 4.69) is 11.8 Å². The molecule has 1 saturated heterocycles. The Morgan fingerprint density at radius 1 is 1.16 bits per heavy atom. The largest absolute Gasteiger partial charge is 0.466 e. The van der Waals surface area contributed by atoms with Gasteiger partial charge in [-0.3, -0.25) is 4.79 Å².